The Kier molecular flexibility index (Phi) is 7.18. The maximum atomic E-state index is 11.3. The predicted octanol–water partition coefficient (Wildman–Crippen LogP) is 2.43. The minimum absolute atomic E-state index is 0.141. The van der Waals surface area contributed by atoms with Crippen molar-refractivity contribution in [3.63, 3.8) is 0 Å². The largest absolute Gasteiger partial charge is 0.494 e. The maximum absolute atomic E-state index is 11.3. The van der Waals surface area contributed by atoms with Crippen LogP contribution in [0.1, 0.15) is 39.7 Å². The molecular weight excluding hydrogens is 280 g/mol. The van der Waals surface area contributed by atoms with Crippen LogP contribution in [0.15, 0.2) is 24.3 Å². The van der Waals surface area contributed by atoms with E-state index in [9.17, 15) is 4.79 Å². The molecule has 0 fully saturated rings. The molecule has 2 amide bonds. The zero-order valence-corrected chi connectivity index (χ0v) is 14.0. The summed E-state index contributed by atoms with van der Waals surface area (Å²) in [6.07, 6.45) is 0.188. The molecule has 0 heterocycles. The maximum Gasteiger partial charge on any atom is 0.314 e. The number of nitrogens with one attached hydrogen (secondary N) is 2. The Hall–Kier alpha value is -1.75. The first-order chi connectivity index (χ1) is 10.3. The van der Waals surface area contributed by atoms with Crippen LogP contribution in [-0.4, -0.2) is 36.9 Å². The highest BCUT2D eigenvalue weighted by molar-refractivity contribution is 5.73. The van der Waals surface area contributed by atoms with E-state index in [0.717, 1.165) is 12.2 Å². The molecule has 1 unspecified atom stereocenters. The zero-order chi connectivity index (χ0) is 16.6. The van der Waals surface area contributed by atoms with E-state index in [1.54, 1.807) is 6.92 Å². The van der Waals surface area contributed by atoms with Crippen LogP contribution >= 0.6 is 0 Å². The lowest BCUT2D eigenvalue weighted by Gasteiger charge is -2.19. The second-order valence-corrected chi connectivity index (χ2v) is 6.46. The molecule has 1 atom stereocenters. The molecule has 0 saturated heterocycles. The van der Waals surface area contributed by atoms with E-state index in [1.165, 1.54) is 5.56 Å². The van der Waals surface area contributed by atoms with Crippen LogP contribution in [0.5, 0.6) is 5.75 Å². The number of ether oxygens (including phenoxy) is 1. The van der Waals surface area contributed by atoms with Gasteiger partial charge in [0.2, 0.25) is 0 Å². The molecule has 0 bridgehead atoms. The molecule has 124 valence electrons. The molecule has 1 aromatic carbocycles. The highest BCUT2D eigenvalue weighted by Gasteiger charge is 2.12. The van der Waals surface area contributed by atoms with Crippen molar-refractivity contribution < 1.29 is 14.6 Å². The van der Waals surface area contributed by atoms with Crippen molar-refractivity contribution in [3.05, 3.63) is 29.8 Å². The smallest absolute Gasteiger partial charge is 0.314 e. The van der Waals surface area contributed by atoms with Crippen LogP contribution in [-0.2, 0) is 5.41 Å². The fourth-order valence-corrected chi connectivity index (χ4v) is 1.82. The third-order valence-corrected chi connectivity index (χ3v) is 3.15. The Morgan fingerprint density at radius 1 is 1.23 bits per heavy atom. The van der Waals surface area contributed by atoms with Crippen LogP contribution in [0.2, 0.25) is 0 Å². The Morgan fingerprint density at radius 2 is 1.86 bits per heavy atom. The van der Waals surface area contributed by atoms with Crippen molar-refractivity contribution >= 4 is 6.03 Å². The Bertz CT molecular complexity index is 450. The molecular formula is C17H28N2O3. The van der Waals surface area contributed by atoms with E-state index < -0.39 is 6.10 Å². The van der Waals surface area contributed by atoms with Gasteiger partial charge >= 0.3 is 6.03 Å². The molecule has 0 saturated carbocycles. The van der Waals surface area contributed by atoms with Gasteiger partial charge < -0.3 is 20.5 Å². The van der Waals surface area contributed by atoms with Gasteiger partial charge in [0.15, 0.2) is 0 Å². The molecule has 0 aromatic heterocycles. The fourth-order valence-electron chi connectivity index (χ4n) is 1.82. The highest BCUT2D eigenvalue weighted by Crippen LogP contribution is 2.24. The number of urea groups is 1. The zero-order valence-electron chi connectivity index (χ0n) is 14.0. The van der Waals surface area contributed by atoms with Crippen LogP contribution in [0.4, 0.5) is 4.79 Å². The van der Waals surface area contributed by atoms with Crippen molar-refractivity contribution in [1.29, 1.82) is 0 Å². The quantitative estimate of drug-likeness (QED) is 0.678. The monoisotopic (exact) mass is 308 g/mol. The first-order valence-corrected chi connectivity index (χ1v) is 7.72. The molecule has 5 nitrogen and oxygen atoms in total. The summed E-state index contributed by atoms with van der Waals surface area (Å²) < 4.78 is 5.64. The second kappa shape index (κ2) is 8.63. The van der Waals surface area contributed by atoms with Gasteiger partial charge in [-0.3, -0.25) is 0 Å². The van der Waals surface area contributed by atoms with Gasteiger partial charge in [0.25, 0.3) is 0 Å². The van der Waals surface area contributed by atoms with Crippen LogP contribution in [0.3, 0.4) is 0 Å². The van der Waals surface area contributed by atoms with Gasteiger partial charge in [-0.15, -0.1) is 0 Å². The Morgan fingerprint density at radius 3 is 2.41 bits per heavy atom. The minimum atomic E-state index is -0.537. The normalized spacial score (nSPS) is 12.6. The fraction of sp³-hybridized carbons (Fsp3) is 0.588. The number of aliphatic hydroxyl groups excluding tert-OH is 1. The molecule has 0 spiro atoms. The van der Waals surface area contributed by atoms with E-state index in [1.807, 2.05) is 12.1 Å². The molecule has 1 aromatic rings. The van der Waals surface area contributed by atoms with Gasteiger partial charge in [-0.25, -0.2) is 4.79 Å². The van der Waals surface area contributed by atoms with Gasteiger partial charge in [-0.1, -0.05) is 32.9 Å². The number of hydrogen-bond donors (Lipinski definition) is 3. The van der Waals surface area contributed by atoms with E-state index in [4.69, 9.17) is 9.84 Å². The molecule has 5 heteroatoms. The molecule has 1 rings (SSSR count). The van der Waals surface area contributed by atoms with Crippen LogP contribution in [0.25, 0.3) is 0 Å². The molecule has 3 N–H and O–H groups in total. The number of carbonyl (C=O) groups is 1. The highest BCUT2D eigenvalue weighted by atomic mass is 16.5. The standard InChI is InChI=1S/C17H28N2O3/c1-13(20)12-19-16(21)18-10-5-11-22-15-8-6-14(7-9-15)17(2,3)4/h6-9,13,20H,5,10-12H2,1-4H3,(H2,18,19,21). The topological polar surface area (TPSA) is 70.6 Å². The van der Waals surface area contributed by atoms with Crippen LogP contribution in [0, 0.1) is 0 Å². The minimum Gasteiger partial charge on any atom is -0.494 e. The van der Waals surface area contributed by atoms with Crippen LogP contribution < -0.4 is 15.4 Å². The van der Waals surface area contributed by atoms with Crippen molar-refractivity contribution in [2.45, 2.75) is 45.6 Å². The van der Waals surface area contributed by atoms with Crippen molar-refractivity contribution in [3.8, 4) is 5.75 Å². The van der Waals surface area contributed by atoms with Gasteiger partial charge in [0.05, 0.1) is 12.7 Å². The first kappa shape index (κ1) is 18.3. The predicted molar refractivity (Wildman–Crippen MR) is 88.3 cm³/mol. The SMILES string of the molecule is CC(O)CNC(=O)NCCCOc1ccc(C(C)(C)C)cc1. The van der Waals surface area contributed by atoms with Gasteiger partial charge in [-0.2, -0.15) is 0 Å². The van der Waals surface area contributed by atoms with Gasteiger partial charge in [0.1, 0.15) is 5.75 Å². The molecule has 0 aliphatic carbocycles. The third kappa shape index (κ3) is 7.31. The summed E-state index contributed by atoms with van der Waals surface area (Å²) in [5, 5.41) is 14.3. The summed E-state index contributed by atoms with van der Waals surface area (Å²) >= 11 is 0. The van der Waals surface area contributed by atoms with Gasteiger partial charge in [-0.05, 0) is 36.5 Å². The van der Waals surface area contributed by atoms with E-state index in [0.29, 0.717) is 13.2 Å². The number of amides is 2. The third-order valence-electron chi connectivity index (χ3n) is 3.15. The summed E-state index contributed by atoms with van der Waals surface area (Å²) in [6, 6.07) is 7.84. The number of aliphatic hydroxyl groups is 1. The van der Waals surface area contributed by atoms with Gasteiger partial charge in [0, 0.05) is 13.1 Å². The number of benzene rings is 1. The molecule has 0 aliphatic rings. The summed E-state index contributed by atoms with van der Waals surface area (Å²) in [5.74, 6) is 0.839. The van der Waals surface area contributed by atoms with Crippen molar-refractivity contribution in [1.82, 2.24) is 10.6 Å². The van der Waals surface area contributed by atoms with Crippen molar-refractivity contribution in [2.75, 3.05) is 19.7 Å². The summed E-state index contributed by atoms with van der Waals surface area (Å²) in [4.78, 5) is 11.3. The number of rotatable bonds is 7. The Labute approximate surface area is 133 Å². The van der Waals surface area contributed by atoms with E-state index in [-0.39, 0.29) is 18.0 Å². The summed E-state index contributed by atoms with van der Waals surface area (Å²) in [7, 11) is 0. The molecule has 0 radical (unpaired) electrons. The van der Waals surface area contributed by atoms with E-state index in [2.05, 4.69) is 43.5 Å². The summed E-state index contributed by atoms with van der Waals surface area (Å²) in [5.41, 5.74) is 1.42. The first-order valence-electron chi connectivity index (χ1n) is 7.72. The lowest BCUT2D eigenvalue weighted by Crippen LogP contribution is -2.39. The second-order valence-electron chi connectivity index (χ2n) is 6.46. The van der Waals surface area contributed by atoms with E-state index >= 15 is 0 Å². The average Bonchev–Trinajstić information content (AvgIpc) is 2.44. The molecule has 0 aliphatic heterocycles. The number of carbonyl (C=O) groups excluding carboxylic acids is 1. The van der Waals surface area contributed by atoms with Crippen molar-refractivity contribution in [2.24, 2.45) is 0 Å². The molecule has 22 heavy (non-hydrogen) atoms. The lowest BCUT2D eigenvalue weighted by atomic mass is 9.87. The average molecular weight is 308 g/mol. The number of hydrogen-bond acceptors (Lipinski definition) is 3. The lowest BCUT2D eigenvalue weighted by molar-refractivity contribution is 0.187. The summed E-state index contributed by atoms with van der Waals surface area (Å²) in [6.45, 7) is 9.49. The Balaban J connectivity index is 2.18.